The highest BCUT2D eigenvalue weighted by Gasteiger charge is 2.14. The smallest absolute Gasteiger partial charge is 0.275 e. The second-order valence-electron chi connectivity index (χ2n) is 8.04. The van der Waals surface area contributed by atoms with E-state index in [1.165, 1.54) is 12.1 Å². The molecule has 184 valence electrons. The second kappa shape index (κ2) is 9.86. The summed E-state index contributed by atoms with van der Waals surface area (Å²) in [6.45, 7) is -0.415. The summed E-state index contributed by atoms with van der Waals surface area (Å²) < 4.78 is 25.1. The molecule has 0 saturated heterocycles. The Morgan fingerprint density at radius 3 is 2.59 bits per heavy atom. The molecule has 5 aromatic rings. The molecule has 0 aliphatic heterocycles. The van der Waals surface area contributed by atoms with Crippen molar-refractivity contribution < 1.29 is 18.3 Å². The predicted octanol–water partition coefficient (Wildman–Crippen LogP) is 3.47. The third-order valence-corrected chi connectivity index (χ3v) is 5.68. The largest absolute Gasteiger partial charge is 0.497 e. The predicted molar refractivity (Wildman–Crippen MR) is 136 cm³/mol. The molecule has 0 aliphatic carbocycles. The molecule has 1 N–H and O–H groups in total. The van der Waals surface area contributed by atoms with Crippen LogP contribution >= 0.6 is 0 Å². The molecule has 10 heteroatoms. The van der Waals surface area contributed by atoms with E-state index in [-0.39, 0.29) is 16.5 Å². The fourth-order valence-electron chi connectivity index (χ4n) is 3.86. The van der Waals surface area contributed by atoms with Gasteiger partial charge in [0.1, 0.15) is 30.0 Å². The Morgan fingerprint density at radius 2 is 1.84 bits per heavy atom. The average Bonchev–Trinajstić information content (AvgIpc) is 2.92. The first-order chi connectivity index (χ1) is 17.9. The maximum atomic E-state index is 13.5. The summed E-state index contributed by atoms with van der Waals surface area (Å²) >= 11 is 0. The van der Waals surface area contributed by atoms with Crippen molar-refractivity contribution in [1.82, 2.24) is 15.2 Å². The molecule has 2 heterocycles. The Labute approximate surface area is 208 Å². The SMILES string of the molecule is COc1ccc(-c2nn(CC(=O)N/N=C/c3coc4ccc(F)cc4c3=O)c(=O)c3ccccc23)cc1. The molecule has 0 spiro atoms. The van der Waals surface area contributed by atoms with Gasteiger partial charge in [0.05, 0.1) is 35.4 Å². The van der Waals surface area contributed by atoms with Crippen molar-refractivity contribution in [3.63, 3.8) is 0 Å². The molecule has 0 aliphatic rings. The van der Waals surface area contributed by atoms with E-state index in [4.69, 9.17) is 9.15 Å². The van der Waals surface area contributed by atoms with E-state index in [0.29, 0.717) is 22.2 Å². The number of rotatable bonds is 6. The van der Waals surface area contributed by atoms with Crippen molar-refractivity contribution in [3.8, 4) is 17.0 Å². The molecule has 0 saturated carbocycles. The van der Waals surface area contributed by atoms with Crippen molar-refractivity contribution >= 4 is 33.9 Å². The number of halogens is 1. The van der Waals surface area contributed by atoms with Crippen LogP contribution in [-0.2, 0) is 11.3 Å². The lowest BCUT2D eigenvalue weighted by molar-refractivity contribution is -0.121. The molecule has 0 unspecified atom stereocenters. The number of aromatic nitrogens is 2. The number of ether oxygens (including phenoxy) is 1. The molecule has 5 rings (SSSR count). The van der Waals surface area contributed by atoms with Gasteiger partial charge in [-0.2, -0.15) is 10.2 Å². The van der Waals surface area contributed by atoms with E-state index in [2.05, 4.69) is 15.6 Å². The Hall–Kier alpha value is -5.12. The minimum absolute atomic E-state index is 0.0150. The minimum atomic E-state index is -0.641. The van der Waals surface area contributed by atoms with Gasteiger partial charge in [-0.3, -0.25) is 14.4 Å². The maximum absolute atomic E-state index is 13.5. The molecule has 9 nitrogen and oxygen atoms in total. The number of carbonyl (C=O) groups excluding carboxylic acids is 1. The summed E-state index contributed by atoms with van der Waals surface area (Å²) in [5.41, 5.74) is 2.83. The molecule has 0 radical (unpaired) electrons. The van der Waals surface area contributed by atoms with Gasteiger partial charge in [-0.1, -0.05) is 18.2 Å². The second-order valence-corrected chi connectivity index (χ2v) is 8.04. The zero-order chi connectivity index (χ0) is 25.9. The van der Waals surface area contributed by atoms with Crippen LogP contribution in [0.2, 0.25) is 0 Å². The topological polar surface area (TPSA) is 116 Å². The van der Waals surface area contributed by atoms with Crippen LogP contribution in [0.3, 0.4) is 0 Å². The highest BCUT2D eigenvalue weighted by Crippen LogP contribution is 2.26. The van der Waals surface area contributed by atoms with Gasteiger partial charge < -0.3 is 9.15 Å². The van der Waals surface area contributed by atoms with Gasteiger partial charge in [-0.15, -0.1) is 0 Å². The highest BCUT2D eigenvalue weighted by atomic mass is 19.1. The number of nitrogens with one attached hydrogen (secondary N) is 1. The molecular weight excluding hydrogens is 479 g/mol. The summed E-state index contributed by atoms with van der Waals surface area (Å²) in [6.07, 6.45) is 2.25. The molecule has 0 fully saturated rings. The summed E-state index contributed by atoms with van der Waals surface area (Å²) in [5.74, 6) is -0.549. The van der Waals surface area contributed by atoms with Crippen LogP contribution in [0.4, 0.5) is 4.39 Å². The van der Waals surface area contributed by atoms with Crippen LogP contribution in [0, 0.1) is 5.82 Å². The van der Waals surface area contributed by atoms with Crippen molar-refractivity contribution in [1.29, 1.82) is 0 Å². The number of nitrogens with zero attached hydrogens (tertiary/aromatic N) is 3. The van der Waals surface area contributed by atoms with Gasteiger partial charge in [0, 0.05) is 10.9 Å². The lowest BCUT2D eigenvalue weighted by Gasteiger charge is -2.11. The van der Waals surface area contributed by atoms with Crippen molar-refractivity contribution in [2.45, 2.75) is 6.54 Å². The van der Waals surface area contributed by atoms with Gasteiger partial charge in [-0.25, -0.2) is 14.5 Å². The Bertz CT molecular complexity index is 1790. The Kier molecular flexibility index (Phi) is 6.29. The maximum Gasteiger partial charge on any atom is 0.275 e. The third-order valence-electron chi connectivity index (χ3n) is 5.68. The number of methoxy groups -OCH3 is 1. The fraction of sp³-hybridized carbons (Fsp3) is 0.0741. The van der Waals surface area contributed by atoms with E-state index < -0.39 is 29.3 Å². The van der Waals surface area contributed by atoms with Gasteiger partial charge in [0.2, 0.25) is 5.43 Å². The van der Waals surface area contributed by atoms with E-state index >= 15 is 0 Å². The van der Waals surface area contributed by atoms with Gasteiger partial charge >= 0.3 is 0 Å². The quantitative estimate of drug-likeness (QED) is 0.283. The minimum Gasteiger partial charge on any atom is -0.497 e. The number of fused-ring (bicyclic) bond motifs is 2. The van der Waals surface area contributed by atoms with Crippen LogP contribution in [0.1, 0.15) is 5.56 Å². The van der Waals surface area contributed by atoms with Crippen LogP contribution in [0.15, 0.2) is 92.1 Å². The summed E-state index contributed by atoms with van der Waals surface area (Å²) in [7, 11) is 1.57. The first-order valence-corrected chi connectivity index (χ1v) is 11.1. The van der Waals surface area contributed by atoms with Gasteiger partial charge in [-0.05, 0) is 48.5 Å². The Morgan fingerprint density at radius 1 is 1.08 bits per heavy atom. The van der Waals surface area contributed by atoms with Crippen molar-refractivity contribution in [2.75, 3.05) is 7.11 Å². The van der Waals surface area contributed by atoms with Gasteiger partial charge in [0.25, 0.3) is 11.5 Å². The molecule has 3 aromatic carbocycles. The van der Waals surface area contributed by atoms with Crippen molar-refractivity contribution in [2.24, 2.45) is 5.10 Å². The van der Waals surface area contributed by atoms with Crippen LogP contribution in [0.5, 0.6) is 5.75 Å². The van der Waals surface area contributed by atoms with E-state index in [0.717, 1.165) is 28.8 Å². The lowest BCUT2D eigenvalue weighted by Crippen LogP contribution is -2.32. The number of benzene rings is 3. The monoisotopic (exact) mass is 498 g/mol. The van der Waals surface area contributed by atoms with E-state index in [9.17, 15) is 18.8 Å². The number of amides is 1. The van der Waals surface area contributed by atoms with Crippen molar-refractivity contribution in [3.05, 3.63) is 105 Å². The molecule has 37 heavy (non-hydrogen) atoms. The third kappa shape index (κ3) is 4.72. The number of hydrogen-bond acceptors (Lipinski definition) is 7. The molecular formula is C27H19FN4O5. The van der Waals surface area contributed by atoms with Gasteiger partial charge in [0.15, 0.2) is 0 Å². The number of hydrazone groups is 1. The first-order valence-electron chi connectivity index (χ1n) is 11.1. The summed E-state index contributed by atoms with van der Waals surface area (Å²) in [4.78, 5) is 38.1. The standard InChI is InChI=1S/C27H19FN4O5/c1-36-19-9-6-16(7-10-19)25-20-4-2-3-5-21(20)27(35)32(31-25)14-24(33)30-29-13-17-15-37-23-11-8-18(28)12-22(23)26(17)34/h2-13,15H,14H2,1H3,(H,30,33)/b29-13+. The Balaban J connectivity index is 1.41. The first kappa shape index (κ1) is 23.6. The van der Waals surface area contributed by atoms with Crippen LogP contribution in [0.25, 0.3) is 33.0 Å². The summed E-state index contributed by atoms with van der Waals surface area (Å²) in [6, 6.07) is 17.8. The molecule has 0 atom stereocenters. The van der Waals surface area contributed by atoms with Crippen LogP contribution < -0.4 is 21.2 Å². The molecule has 1 amide bonds. The lowest BCUT2D eigenvalue weighted by atomic mass is 10.0. The zero-order valence-corrected chi connectivity index (χ0v) is 19.5. The summed E-state index contributed by atoms with van der Waals surface area (Å²) in [5, 5.41) is 9.32. The molecule has 0 bridgehead atoms. The van der Waals surface area contributed by atoms with Crippen LogP contribution in [-0.4, -0.2) is 29.0 Å². The van der Waals surface area contributed by atoms with E-state index in [1.807, 2.05) is 12.1 Å². The number of carbonyl (C=O) groups is 1. The average molecular weight is 498 g/mol. The zero-order valence-electron chi connectivity index (χ0n) is 19.5. The molecule has 2 aromatic heterocycles. The highest BCUT2D eigenvalue weighted by molar-refractivity contribution is 5.94. The number of hydrogen-bond donors (Lipinski definition) is 1. The normalized spacial score (nSPS) is 11.3. The van der Waals surface area contributed by atoms with E-state index in [1.54, 1.807) is 43.5 Å². The fourth-order valence-corrected chi connectivity index (χ4v) is 3.86.